The molecule has 0 fully saturated rings. The van der Waals surface area contributed by atoms with Crippen LogP contribution in [0.15, 0.2) is 0 Å². The Kier molecular flexibility index (Phi) is 5.46. The maximum Gasteiger partial charge on any atom is 0.245 e. The Hall–Kier alpha value is -0.900. The molecule has 4 nitrogen and oxygen atoms in total. The molecule has 0 aliphatic heterocycles. The second-order valence-corrected chi connectivity index (χ2v) is 3.86. The highest BCUT2D eigenvalue weighted by molar-refractivity contribution is 6.18. The molecule has 0 amide bonds. The highest BCUT2D eigenvalue weighted by Crippen LogP contribution is 2.10. The molecule has 16 heavy (non-hydrogen) atoms. The number of alkyl halides is 1. The van der Waals surface area contributed by atoms with Crippen LogP contribution in [0, 0.1) is 0 Å². The molecule has 0 bridgehead atoms. The van der Waals surface area contributed by atoms with Gasteiger partial charge in [0, 0.05) is 19.0 Å². The maximum absolute atomic E-state index is 5.74. The summed E-state index contributed by atoms with van der Waals surface area (Å²) < 4.78 is 0. The maximum atomic E-state index is 5.74. The van der Waals surface area contributed by atoms with Gasteiger partial charge in [0.25, 0.3) is 0 Å². The molecule has 0 unspecified atom stereocenters. The number of hydrogen-bond acceptors (Lipinski definition) is 4. The van der Waals surface area contributed by atoms with E-state index >= 15 is 0 Å². The number of aromatic nitrogens is 3. The third kappa shape index (κ3) is 3.04. The molecule has 0 spiro atoms. The number of halogens is 1. The normalized spacial score (nSPS) is 10.5. The summed E-state index contributed by atoms with van der Waals surface area (Å²) in [5, 5.41) is 8.38. The Morgan fingerprint density at radius 3 is 2.25 bits per heavy atom. The van der Waals surface area contributed by atoms with E-state index in [0.29, 0.717) is 11.8 Å². The van der Waals surface area contributed by atoms with Gasteiger partial charge in [0.05, 0.1) is 11.4 Å². The van der Waals surface area contributed by atoms with Crippen molar-refractivity contribution >= 4 is 17.5 Å². The highest BCUT2D eigenvalue weighted by Gasteiger charge is 2.10. The minimum absolute atomic E-state index is 0.578. The zero-order valence-electron chi connectivity index (χ0n) is 10.2. The monoisotopic (exact) mass is 242 g/mol. The highest BCUT2D eigenvalue weighted by atomic mass is 35.5. The van der Waals surface area contributed by atoms with Crippen molar-refractivity contribution in [2.45, 2.75) is 33.6 Å². The molecule has 1 aromatic heterocycles. The molecule has 0 N–H and O–H groups in total. The van der Waals surface area contributed by atoms with Gasteiger partial charge in [-0.05, 0) is 19.8 Å². The van der Waals surface area contributed by atoms with Gasteiger partial charge in [0.1, 0.15) is 0 Å². The Morgan fingerprint density at radius 2 is 1.75 bits per heavy atom. The molecule has 0 radical (unpaired) electrons. The summed E-state index contributed by atoms with van der Waals surface area (Å²) in [6, 6.07) is 0. The topological polar surface area (TPSA) is 41.9 Å². The van der Waals surface area contributed by atoms with Gasteiger partial charge >= 0.3 is 0 Å². The molecular formula is C11H19ClN4. The molecule has 1 rings (SSSR count). The SMILES string of the molecule is CCc1nnc(N(CC)CCCl)nc1CC. The van der Waals surface area contributed by atoms with Crippen LogP contribution in [-0.4, -0.2) is 34.2 Å². The number of nitrogens with zero attached hydrogens (tertiary/aromatic N) is 4. The lowest BCUT2D eigenvalue weighted by molar-refractivity contribution is 0.755. The Bertz CT molecular complexity index is 330. The number of anilines is 1. The van der Waals surface area contributed by atoms with Crippen molar-refractivity contribution in [3.05, 3.63) is 11.4 Å². The van der Waals surface area contributed by atoms with E-state index in [2.05, 4.69) is 36.0 Å². The van der Waals surface area contributed by atoms with E-state index in [1.807, 2.05) is 4.90 Å². The average Bonchev–Trinajstić information content (AvgIpc) is 2.35. The van der Waals surface area contributed by atoms with Crippen LogP contribution in [0.3, 0.4) is 0 Å². The van der Waals surface area contributed by atoms with Crippen molar-refractivity contribution in [2.75, 3.05) is 23.9 Å². The molecule has 0 saturated carbocycles. The van der Waals surface area contributed by atoms with Crippen LogP contribution in [0.5, 0.6) is 0 Å². The van der Waals surface area contributed by atoms with E-state index in [9.17, 15) is 0 Å². The van der Waals surface area contributed by atoms with E-state index in [-0.39, 0.29) is 0 Å². The minimum atomic E-state index is 0.578. The third-order valence-electron chi connectivity index (χ3n) is 2.52. The van der Waals surface area contributed by atoms with Gasteiger partial charge in [-0.15, -0.1) is 16.7 Å². The van der Waals surface area contributed by atoms with Gasteiger partial charge in [-0.1, -0.05) is 13.8 Å². The first-order valence-electron chi connectivity index (χ1n) is 5.80. The fourth-order valence-corrected chi connectivity index (χ4v) is 1.77. The number of hydrogen-bond donors (Lipinski definition) is 0. The van der Waals surface area contributed by atoms with Gasteiger partial charge in [0.2, 0.25) is 5.95 Å². The molecule has 0 saturated heterocycles. The Balaban J connectivity index is 2.96. The first-order chi connectivity index (χ1) is 7.76. The van der Waals surface area contributed by atoms with Crippen molar-refractivity contribution in [1.29, 1.82) is 0 Å². The minimum Gasteiger partial charge on any atom is -0.339 e. The average molecular weight is 243 g/mol. The molecule has 90 valence electrons. The van der Waals surface area contributed by atoms with Gasteiger partial charge < -0.3 is 4.90 Å². The van der Waals surface area contributed by atoms with Crippen molar-refractivity contribution in [3.63, 3.8) is 0 Å². The van der Waals surface area contributed by atoms with Crippen LogP contribution in [0.4, 0.5) is 5.95 Å². The summed E-state index contributed by atoms with van der Waals surface area (Å²) >= 11 is 5.74. The summed E-state index contributed by atoms with van der Waals surface area (Å²) in [4.78, 5) is 6.59. The summed E-state index contributed by atoms with van der Waals surface area (Å²) in [7, 11) is 0. The smallest absolute Gasteiger partial charge is 0.245 e. The van der Waals surface area contributed by atoms with Crippen LogP contribution in [0.1, 0.15) is 32.2 Å². The Morgan fingerprint density at radius 1 is 1.06 bits per heavy atom. The summed E-state index contributed by atoms with van der Waals surface area (Å²) in [5.41, 5.74) is 2.04. The fraction of sp³-hybridized carbons (Fsp3) is 0.727. The van der Waals surface area contributed by atoms with Crippen LogP contribution in [0.25, 0.3) is 0 Å². The van der Waals surface area contributed by atoms with E-state index in [1.54, 1.807) is 0 Å². The lowest BCUT2D eigenvalue weighted by Gasteiger charge is -2.19. The largest absolute Gasteiger partial charge is 0.339 e. The summed E-state index contributed by atoms with van der Waals surface area (Å²) in [5.74, 6) is 1.27. The van der Waals surface area contributed by atoms with Crippen molar-refractivity contribution in [2.24, 2.45) is 0 Å². The first kappa shape index (κ1) is 13.2. The first-order valence-corrected chi connectivity index (χ1v) is 6.33. The molecule has 0 aliphatic carbocycles. The molecule has 5 heteroatoms. The van der Waals surface area contributed by atoms with Crippen molar-refractivity contribution in [3.8, 4) is 0 Å². The van der Waals surface area contributed by atoms with E-state index in [4.69, 9.17) is 11.6 Å². The predicted octanol–water partition coefficient (Wildman–Crippen LogP) is 2.06. The molecule has 1 heterocycles. The second-order valence-electron chi connectivity index (χ2n) is 3.48. The van der Waals surface area contributed by atoms with Crippen LogP contribution < -0.4 is 4.90 Å². The van der Waals surface area contributed by atoms with Gasteiger partial charge in [0.15, 0.2) is 0 Å². The molecule has 1 aromatic rings. The fourth-order valence-electron chi connectivity index (χ4n) is 1.56. The lowest BCUT2D eigenvalue weighted by atomic mass is 10.2. The van der Waals surface area contributed by atoms with Gasteiger partial charge in [-0.3, -0.25) is 0 Å². The lowest BCUT2D eigenvalue weighted by Crippen LogP contribution is -2.28. The molecule has 0 aromatic carbocycles. The standard InChI is InChI=1S/C11H19ClN4/c1-4-9-10(5-2)14-15-11(13-9)16(6-3)8-7-12/h4-8H2,1-3H3. The number of aryl methyl sites for hydroxylation is 2. The molecule has 0 atom stereocenters. The third-order valence-corrected chi connectivity index (χ3v) is 2.69. The zero-order chi connectivity index (χ0) is 12.0. The van der Waals surface area contributed by atoms with E-state index in [1.165, 1.54) is 0 Å². The molecular weight excluding hydrogens is 224 g/mol. The van der Waals surface area contributed by atoms with Crippen molar-refractivity contribution < 1.29 is 0 Å². The Labute approximate surface area is 102 Å². The second kappa shape index (κ2) is 6.63. The van der Waals surface area contributed by atoms with Crippen LogP contribution in [-0.2, 0) is 12.8 Å². The predicted molar refractivity (Wildman–Crippen MR) is 67.2 cm³/mol. The zero-order valence-corrected chi connectivity index (χ0v) is 11.0. The number of rotatable bonds is 6. The van der Waals surface area contributed by atoms with E-state index < -0.39 is 0 Å². The van der Waals surface area contributed by atoms with Gasteiger partial charge in [-0.2, -0.15) is 5.10 Å². The van der Waals surface area contributed by atoms with Crippen LogP contribution in [0.2, 0.25) is 0 Å². The van der Waals surface area contributed by atoms with Gasteiger partial charge in [-0.25, -0.2) is 4.98 Å². The quantitative estimate of drug-likeness (QED) is 0.717. The van der Waals surface area contributed by atoms with Crippen LogP contribution >= 0.6 is 11.6 Å². The van der Waals surface area contributed by atoms with E-state index in [0.717, 1.165) is 37.3 Å². The molecule has 0 aliphatic rings. The van der Waals surface area contributed by atoms with Crippen molar-refractivity contribution in [1.82, 2.24) is 15.2 Å². The summed E-state index contributed by atoms with van der Waals surface area (Å²) in [6.07, 6.45) is 1.77. The summed E-state index contributed by atoms with van der Waals surface area (Å²) in [6.45, 7) is 7.83.